The van der Waals surface area contributed by atoms with E-state index in [4.69, 9.17) is 15.0 Å². The van der Waals surface area contributed by atoms with Gasteiger partial charge in [-0.05, 0) is 49.9 Å². The molecule has 0 aliphatic carbocycles. The van der Waals surface area contributed by atoms with Crippen LogP contribution in [0, 0.1) is 0 Å². The van der Waals surface area contributed by atoms with E-state index in [1.165, 1.54) is 0 Å². The molecule has 0 spiro atoms. The molecule has 0 saturated carbocycles. The Morgan fingerprint density at radius 2 is 2.00 bits per heavy atom. The number of carbonyl (C=O) groups is 1. The second-order valence-corrected chi connectivity index (χ2v) is 4.42. The summed E-state index contributed by atoms with van der Waals surface area (Å²) in [7, 11) is 0. The third-order valence-corrected chi connectivity index (χ3v) is 2.93. The first-order valence-electron chi connectivity index (χ1n) is 7.13. The molecule has 0 saturated heterocycles. The van der Waals surface area contributed by atoms with E-state index in [1.54, 1.807) is 6.92 Å². The predicted molar refractivity (Wildman–Crippen MR) is 80.0 cm³/mol. The minimum atomic E-state index is -0.278. The SMILES string of the molecule is CCOC(=O)CCCC(N=[N+]=[N-])c1ccc(OCC)cc1. The van der Waals surface area contributed by atoms with Gasteiger partial charge >= 0.3 is 5.97 Å². The van der Waals surface area contributed by atoms with Gasteiger partial charge in [0.25, 0.3) is 0 Å². The topological polar surface area (TPSA) is 84.3 Å². The molecule has 0 bridgehead atoms. The second-order valence-electron chi connectivity index (χ2n) is 4.42. The average Bonchev–Trinajstić information content (AvgIpc) is 2.48. The predicted octanol–water partition coefficient (Wildman–Crippen LogP) is 4.17. The Morgan fingerprint density at radius 3 is 2.57 bits per heavy atom. The molecule has 0 amide bonds. The van der Waals surface area contributed by atoms with Crippen molar-refractivity contribution in [2.24, 2.45) is 5.11 Å². The van der Waals surface area contributed by atoms with Crippen LogP contribution in [-0.2, 0) is 9.53 Å². The number of carbonyl (C=O) groups excluding carboxylic acids is 1. The van der Waals surface area contributed by atoms with Gasteiger partial charge in [0.2, 0.25) is 0 Å². The van der Waals surface area contributed by atoms with Crippen LogP contribution in [0.4, 0.5) is 0 Å². The van der Waals surface area contributed by atoms with Crippen molar-refractivity contribution in [2.45, 2.75) is 39.2 Å². The van der Waals surface area contributed by atoms with Crippen molar-refractivity contribution in [3.63, 3.8) is 0 Å². The average molecular weight is 291 g/mol. The molecule has 0 fully saturated rings. The molecule has 1 unspecified atom stereocenters. The van der Waals surface area contributed by atoms with E-state index in [0.717, 1.165) is 11.3 Å². The summed E-state index contributed by atoms with van der Waals surface area (Å²) in [6.45, 7) is 4.70. The molecule has 0 radical (unpaired) electrons. The van der Waals surface area contributed by atoms with Crippen LogP contribution in [-0.4, -0.2) is 19.2 Å². The van der Waals surface area contributed by atoms with E-state index in [-0.39, 0.29) is 12.0 Å². The molecule has 0 aliphatic rings. The van der Waals surface area contributed by atoms with Gasteiger partial charge in [0.05, 0.1) is 19.3 Å². The number of hydrogen-bond acceptors (Lipinski definition) is 4. The first kappa shape index (κ1) is 16.9. The monoisotopic (exact) mass is 291 g/mol. The van der Waals surface area contributed by atoms with Crippen LogP contribution < -0.4 is 4.74 Å². The van der Waals surface area contributed by atoms with Gasteiger partial charge < -0.3 is 9.47 Å². The van der Waals surface area contributed by atoms with Gasteiger partial charge in [0.15, 0.2) is 0 Å². The number of azide groups is 1. The third kappa shape index (κ3) is 6.19. The summed E-state index contributed by atoms with van der Waals surface area (Å²) in [4.78, 5) is 14.2. The van der Waals surface area contributed by atoms with Crippen molar-refractivity contribution in [1.29, 1.82) is 0 Å². The number of rotatable bonds is 9. The maximum absolute atomic E-state index is 11.3. The molecule has 1 rings (SSSR count). The fourth-order valence-electron chi connectivity index (χ4n) is 1.98. The highest BCUT2D eigenvalue weighted by atomic mass is 16.5. The van der Waals surface area contributed by atoms with Crippen LogP contribution in [0.1, 0.15) is 44.7 Å². The third-order valence-electron chi connectivity index (χ3n) is 2.93. The molecule has 6 nitrogen and oxygen atoms in total. The Kier molecular flexibility index (Phi) is 7.76. The fraction of sp³-hybridized carbons (Fsp3) is 0.533. The van der Waals surface area contributed by atoms with E-state index in [9.17, 15) is 4.79 Å². The van der Waals surface area contributed by atoms with E-state index < -0.39 is 0 Å². The molecule has 6 heteroatoms. The van der Waals surface area contributed by atoms with Crippen LogP contribution in [0.15, 0.2) is 29.4 Å². The zero-order valence-corrected chi connectivity index (χ0v) is 12.5. The molecule has 0 aliphatic heterocycles. The minimum Gasteiger partial charge on any atom is -0.494 e. The number of nitrogens with zero attached hydrogens (tertiary/aromatic N) is 3. The van der Waals surface area contributed by atoms with Crippen LogP contribution in [0.3, 0.4) is 0 Å². The number of esters is 1. The Labute approximate surface area is 124 Å². The molecule has 0 aromatic heterocycles. The van der Waals surface area contributed by atoms with Gasteiger partial charge in [-0.25, -0.2) is 0 Å². The molecule has 1 aromatic rings. The van der Waals surface area contributed by atoms with Crippen LogP contribution in [0.25, 0.3) is 10.4 Å². The van der Waals surface area contributed by atoms with Gasteiger partial charge in [-0.15, -0.1) is 0 Å². The molecule has 1 atom stereocenters. The lowest BCUT2D eigenvalue weighted by Gasteiger charge is -2.12. The summed E-state index contributed by atoms with van der Waals surface area (Å²) in [5, 5.41) is 3.80. The standard InChI is InChI=1S/C15H21N3O3/c1-3-20-13-10-8-12(9-11-13)14(17-18-16)6-5-7-15(19)21-4-2/h8-11,14H,3-7H2,1-2H3. The maximum atomic E-state index is 11.3. The molecular formula is C15H21N3O3. The minimum absolute atomic E-state index is 0.219. The number of ether oxygens (including phenoxy) is 2. The molecule has 0 heterocycles. The summed E-state index contributed by atoms with van der Waals surface area (Å²) in [5.74, 6) is 0.566. The van der Waals surface area contributed by atoms with Crippen molar-refractivity contribution >= 4 is 5.97 Å². The molecule has 21 heavy (non-hydrogen) atoms. The van der Waals surface area contributed by atoms with Crippen LogP contribution in [0.5, 0.6) is 5.75 Å². The fourth-order valence-corrected chi connectivity index (χ4v) is 1.98. The quantitative estimate of drug-likeness (QED) is 0.296. The van der Waals surface area contributed by atoms with Crippen molar-refractivity contribution in [3.8, 4) is 5.75 Å². The lowest BCUT2D eigenvalue weighted by atomic mass is 10.0. The van der Waals surface area contributed by atoms with Gasteiger partial charge in [0.1, 0.15) is 5.75 Å². The summed E-state index contributed by atoms with van der Waals surface area (Å²) < 4.78 is 10.2. The summed E-state index contributed by atoms with van der Waals surface area (Å²) in [5.41, 5.74) is 9.59. The highest BCUT2D eigenvalue weighted by molar-refractivity contribution is 5.69. The van der Waals surface area contributed by atoms with Crippen LogP contribution in [0.2, 0.25) is 0 Å². The Balaban J connectivity index is 2.60. The molecule has 114 valence electrons. The van der Waals surface area contributed by atoms with Crippen molar-refractivity contribution in [2.75, 3.05) is 13.2 Å². The smallest absolute Gasteiger partial charge is 0.305 e. The normalized spacial score (nSPS) is 11.3. The number of benzene rings is 1. The van der Waals surface area contributed by atoms with Gasteiger partial charge in [-0.1, -0.05) is 17.2 Å². The second kappa shape index (κ2) is 9.66. The number of hydrogen-bond donors (Lipinski definition) is 0. The lowest BCUT2D eigenvalue weighted by Crippen LogP contribution is -2.04. The Morgan fingerprint density at radius 1 is 1.29 bits per heavy atom. The molecule has 1 aromatic carbocycles. The van der Waals surface area contributed by atoms with Crippen molar-refractivity contribution in [3.05, 3.63) is 40.3 Å². The molecular weight excluding hydrogens is 270 g/mol. The van der Waals surface area contributed by atoms with Crippen molar-refractivity contribution in [1.82, 2.24) is 0 Å². The van der Waals surface area contributed by atoms with E-state index >= 15 is 0 Å². The largest absolute Gasteiger partial charge is 0.494 e. The zero-order chi connectivity index (χ0) is 15.5. The highest BCUT2D eigenvalue weighted by Crippen LogP contribution is 2.26. The lowest BCUT2D eigenvalue weighted by molar-refractivity contribution is -0.143. The highest BCUT2D eigenvalue weighted by Gasteiger charge is 2.11. The van der Waals surface area contributed by atoms with Gasteiger partial charge in [0, 0.05) is 11.3 Å². The summed E-state index contributed by atoms with van der Waals surface area (Å²) in [6.07, 6.45) is 1.56. The Bertz CT molecular complexity index is 481. The molecule has 0 N–H and O–H groups in total. The van der Waals surface area contributed by atoms with E-state index in [1.807, 2.05) is 31.2 Å². The van der Waals surface area contributed by atoms with Gasteiger partial charge in [-0.2, -0.15) is 0 Å². The maximum Gasteiger partial charge on any atom is 0.305 e. The summed E-state index contributed by atoms with van der Waals surface area (Å²) >= 11 is 0. The first-order chi connectivity index (χ1) is 10.2. The van der Waals surface area contributed by atoms with Crippen LogP contribution >= 0.6 is 0 Å². The first-order valence-corrected chi connectivity index (χ1v) is 7.13. The summed E-state index contributed by atoms with van der Waals surface area (Å²) in [6, 6.07) is 7.19. The Hall–Kier alpha value is -2.20. The van der Waals surface area contributed by atoms with E-state index in [0.29, 0.717) is 32.5 Å². The van der Waals surface area contributed by atoms with Crippen molar-refractivity contribution < 1.29 is 14.3 Å². The van der Waals surface area contributed by atoms with E-state index in [2.05, 4.69) is 10.0 Å². The zero-order valence-electron chi connectivity index (χ0n) is 12.5. The van der Waals surface area contributed by atoms with Gasteiger partial charge in [-0.3, -0.25) is 4.79 Å².